The lowest BCUT2D eigenvalue weighted by Gasteiger charge is -2.17. The van der Waals surface area contributed by atoms with E-state index in [0.717, 1.165) is 25.3 Å². The van der Waals surface area contributed by atoms with Gasteiger partial charge in [0.05, 0.1) is 16.2 Å². The summed E-state index contributed by atoms with van der Waals surface area (Å²) in [4.78, 5) is 25.9. The summed E-state index contributed by atoms with van der Waals surface area (Å²) in [6.07, 6.45) is 1.72. The minimum Gasteiger partial charge on any atom is -0.455 e. The molecule has 0 unspecified atom stereocenters. The van der Waals surface area contributed by atoms with Crippen molar-refractivity contribution in [3.05, 3.63) is 52.9 Å². The Morgan fingerprint density at radius 1 is 1.30 bits per heavy atom. The standard InChI is InChI=1S/C21H25ClN6O2/c1-4-28(5-2)12-13-10-14(8-9-25-13)30-18-7-6-16(22)15-11-17(26-19(15)18)20(29)27-21(23)24-3/h6-11,26H,4-5,12H2,1-3H3,(H3,23,24,27,29). The molecule has 9 heteroatoms. The summed E-state index contributed by atoms with van der Waals surface area (Å²) < 4.78 is 6.10. The number of fused-ring (bicyclic) bond motifs is 1. The molecule has 0 saturated heterocycles. The molecule has 3 rings (SSSR count). The van der Waals surface area contributed by atoms with E-state index in [0.29, 0.717) is 33.1 Å². The highest BCUT2D eigenvalue weighted by Gasteiger charge is 2.16. The lowest BCUT2D eigenvalue weighted by atomic mass is 10.2. The van der Waals surface area contributed by atoms with Crippen molar-refractivity contribution in [3.63, 3.8) is 0 Å². The Kier molecular flexibility index (Phi) is 6.91. The number of carbonyl (C=O) groups excluding carboxylic acids is 1. The number of aliphatic imine (C=N–C) groups is 1. The molecule has 0 atom stereocenters. The second-order valence-electron chi connectivity index (χ2n) is 6.63. The van der Waals surface area contributed by atoms with E-state index in [1.165, 1.54) is 7.05 Å². The first-order valence-corrected chi connectivity index (χ1v) is 10.0. The first kappa shape index (κ1) is 21.6. The largest absolute Gasteiger partial charge is 0.455 e. The normalized spacial score (nSPS) is 11.8. The third kappa shape index (κ3) is 4.90. The molecule has 0 bridgehead atoms. The number of hydrogen-bond acceptors (Lipinski definition) is 5. The number of nitrogens with two attached hydrogens (primary N) is 1. The van der Waals surface area contributed by atoms with Crippen LogP contribution in [-0.2, 0) is 6.54 Å². The van der Waals surface area contributed by atoms with E-state index in [1.807, 2.05) is 6.07 Å². The van der Waals surface area contributed by atoms with Gasteiger partial charge in [0, 0.05) is 31.2 Å². The topological polar surface area (TPSA) is 109 Å². The van der Waals surface area contributed by atoms with Crippen molar-refractivity contribution < 1.29 is 9.53 Å². The zero-order valence-electron chi connectivity index (χ0n) is 17.2. The second-order valence-corrected chi connectivity index (χ2v) is 7.03. The number of guanidine groups is 1. The van der Waals surface area contributed by atoms with Gasteiger partial charge in [-0.3, -0.25) is 25.0 Å². The van der Waals surface area contributed by atoms with Crippen LogP contribution in [0.25, 0.3) is 10.9 Å². The number of ether oxygens (including phenoxy) is 1. The van der Waals surface area contributed by atoms with E-state index < -0.39 is 5.91 Å². The van der Waals surface area contributed by atoms with Gasteiger partial charge in [-0.2, -0.15) is 0 Å². The first-order chi connectivity index (χ1) is 14.4. The number of H-pyrrole nitrogens is 1. The Balaban J connectivity index is 1.90. The molecular formula is C21H25ClN6O2. The fourth-order valence-electron chi connectivity index (χ4n) is 3.02. The third-order valence-electron chi connectivity index (χ3n) is 4.73. The van der Waals surface area contributed by atoms with Crippen molar-refractivity contribution in [2.45, 2.75) is 20.4 Å². The summed E-state index contributed by atoms with van der Waals surface area (Å²) in [5, 5.41) is 3.66. The van der Waals surface area contributed by atoms with Crippen molar-refractivity contribution in [2.24, 2.45) is 10.7 Å². The van der Waals surface area contributed by atoms with E-state index in [-0.39, 0.29) is 5.96 Å². The van der Waals surface area contributed by atoms with Crippen LogP contribution in [0.5, 0.6) is 11.5 Å². The highest BCUT2D eigenvalue weighted by molar-refractivity contribution is 6.36. The highest BCUT2D eigenvalue weighted by Crippen LogP contribution is 2.34. The lowest BCUT2D eigenvalue weighted by molar-refractivity contribution is 0.0972. The third-order valence-corrected chi connectivity index (χ3v) is 5.06. The van der Waals surface area contributed by atoms with Gasteiger partial charge in [-0.05, 0) is 37.4 Å². The van der Waals surface area contributed by atoms with Crippen LogP contribution in [0.2, 0.25) is 5.02 Å². The number of pyridine rings is 1. The van der Waals surface area contributed by atoms with Crippen molar-refractivity contribution in [1.29, 1.82) is 0 Å². The van der Waals surface area contributed by atoms with Gasteiger partial charge in [-0.15, -0.1) is 0 Å². The molecule has 0 spiro atoms. The number of nitrogens with zero attached hydrogens (tertiary/aromatic N) is 3. The van der Waals surface area contributed by atoms with Crippen LogP contribution < -0.4 is 15.8 Å². The quantitative estimate of drug-likeness (QED) is 0.394. The monoisotopic (exact) mass is 428 g/mol. The number of rotatable bonds is 7. The average Bonchev–Trinajstić information content (AvgIpc) is 3.21. The minimum absolute atomic E-state index is 0.0266. The number of carbonyl (C=O) groups is 1. The molecule has 1 aromatic carbocycles. The Bertz CT molecular complexity index is 1070. The van der Waals surface area contributed by atoms with Crippen LogP contribution in [0.3, 0.4) is 0 Å². The van der Waals surface area contributed by atoms with Crippen LogP contribution in [-0.4, -0.2) is 46.9 Å². The SMILES string of the molecule is CCN(CC)Cc1cc(Oc2ccc(Cl)c3cc(C(=O)NC(N)=NC)[nH]c23)ccn1. The number of aromatic amines is 1. The van der Waals surface area contributed by atoms with Gasteiger partial charge < -0.3 is 15.5 Å². The predicted molar refractivity (Wildman–Crippen MR) is 119 cm³/mol. The smallest absolute Gasteiger partial charge is 0.274 e. The molecule has 0 radical (unpaired) electrons. The van der Waals surface area contributed by atoms with Gasteiger partial charge in [0.2, 0.25) is 0 Å². The zero-order valence-corrected chi connectivity index (χ0v) is 18.0. The Morgan fingerprint density at radius 3 is 2.77 bits per heavy atom. The Morgan fingerprint density at radius 2 is 2.07 bits per heavy atom. The number of amides is 1. The molecule has 4 N–H and O–H groups in total. The Hall–Kier alpha value is -3.10. The first-order valence-electron chi connectivity index (χ1n) is 9.65. The molecule has 0 aliphatic heterocycles. The van der Waals surface area contributed by atoms with E-state index in [2.05, 4.69) is 39.0 Å². The summed E-state index contributed by atoms with van der Waals surface area (Å²) in [5.41, 5.74) is 7.41. The number of aromatic nitrogens is 2. The fraction of sp³-hybridized carbons (Fsp3) is 0.286. The maximum absolute atomic E-state index is 12.4. The number of hydrogen-bond donors (Lipinski definition) is 3. The molecule has 8 nitrogen and oxygen atoms in total. The molecule has 158 valence electrons. The van der Waals surface area contributed by atoms with Gasteiger partial charge in [0.15, 0.2) is 11.7 Å². The molecule has 0 aliphatic carbocycles. The van der Waals surface area contributed by atoms with E-state index >= 15 is 0 Å². The molecule has 1 amide bonds. The second kappa shape index (κ2) is 9.60. The molecule has 0 aliphatic rings. The van der Waals surface area contributed by atoms with E-state index in [4.69, 9.17) is 22.1 Å². The maximum atomic E-state index is 12.4. The predicted octanol–water partition coefficient (Wildman–Crippen LogP) is 3.52. The van der Waals surface area contributed by atoms with Gasteiger partial charge in [-0.1, -0.05) is 25.4 Å². The van der Waals surface area contributed by atoms with Crippen LogP contribution in [0.4, 0.5) is 0 Å². The summed E-state index contributed by atoms with van der Waals surface area (Å²) in [5.74, 6) is 0.810. The number of benzene rings is 1. The summed E-state index contributed by atoms with van der Waals surface area (Å²) in [6, 6.07) is 8.85. The van der Waals surface area contributed by atoms with Gasteiger partial charge in [-0.25, -0.2) is 0 Å². The minimum atomic E-state index is -0.415. The van der Waals surface area contributed by atoms with Crippen LogP contribution in [0, 0.1) is 0 Å². The summed E-state index contributed by atoms with van der Waals surface area (Å²) in [7, 11) is 1.49. The van der Waals surface area contributed by atoms with Crippen molar-refractivity contribution in [2.75, 3.05) is 20.1 Å². The summed E-state index contributed by atoms with van der Waals surface area (Å²) >= 11 is 6.33. The van der Waals surface area contributed by atoms with Gasteiger partial charge in [0.1, 0.15) is 11.4 Å². The average molecular weight is 429 g/mol. The van der Waals surface area contributed by atoms with Gasteiger partial charge in [0.25, 0.3) is 5.91 Å². The fourth-order valence-corrected chi connectivity index (χ4v) is 3.23. The molecule has 0 saturated carbocycles. The molecule has 0 fully saturated rings. The molecule has 3 aromatic rings. The number of nitrogens with one attached hydrogen (secondary N) is 2. The maximum Gasteiger partial charge on any atom is 0.274 e. The van der Waals surface area contributed by atoms with E-state index in [1.54, 1.807) is 30.5 Å². The molecular weight excluding hydrogens is 404 g/mol. The van der Waals surface area contributed by atoms with E-state index in [9.17, 15) is 4.79 Å². The van der Waals surface area contributed by atoms with Crippen LogP contribution in [0.1, 0.15) is 30.0 Å². The number of halogens is 1. The molecule has 2 heterocycles. The summed E-state index contributed by atoms with van der Waals surface area (Å²) in [6.45, 7) is 6.87. The lowest BCUT2D eigenvalue weighted by Crippen LogP contribution is -2.36. The zero-order chi connectivity index (χ0) is 21.7. The Labute approximate surface area is 180 Å². The van der Waals surface area contributed by atoms with Crippen molar-refractivity contribution in [1.82, 2.24) is 20.2 Å². The molecule has 2 aromatic heterocycles. The van der Waals surface area contributed by atoms with Crippen molar-refractivity contribution >= 4 is 34.4 Å². The van der Waals surface area contributed by atoms with Gasteiger partial charge >= 0.3 is 0 Å². The van der Waals surface area contributed by atoms with Crippen LogP contribution >= 0.6 is 11.6 Å². The van der Waals surface area contributed by atoms with Crippen molar-refractivity contribution in [3.8, 4) is 11.5 Å². The highest BCUT2D eigenvalue weighted by atomic mass is 35.5. The van der Waals surface area contributed by atoms with Crippen LogP contribution in [0.15, 0.2) is 41.5 Å². The molecule has 30 heavy (non-hydrogen) atoms.